The van der Waals surface area contributed by atoms with Gasteiger partial charge in [0, 0.05) is 24.4 Å². The van der Waals surface area contributed by atoms with Crippen LogP contribution in [-0.2, 0) is 19.4 Å². The Morgan fingerprint density at radius 3 is 2.96 bits per heavy atom. The number of hydrogen-bond donors (Lipinski definition) is 1. The predicted molar refractivity (Wildman–Crippen MR) is 88.3 cm³/mol. The van der Waals surface area contributed by atoms with Crippen LogP contribution in [0.2, 0.25) is 0 Å². The minimum atomic E-state index is -0.171. The van der Waals surface area contributed by atoms with Crippen molar-refractivity contribution in [1.82, 2.24) is 20.3 Å². The topological polar surface area (TPSA) is 75.0 Å². The van der Waals surface area contributed by atoms with Crippen molar-refractivity contribution in [1.29, 1.82) is 0 Å². The monoisotopic (exact) mass is 322 g/mol. The second-order valence-electron chi connectivity index (χ2n) is 6.08. The summed E-state index contributed by atoms with van der Waals surface area (Å²) in [5, 5.41) is 11.3. The number of carbonyl (C=O) groups is 1. The van der Waals surface area contributed by atoms with Crippen LogP contribution in [0.3, 0.4) is 0 Å². The maximum absolute atomic E-state index is 12.6. The van der Waals surface area contributed by atoms with Crippen LogP contribution >= 0.6 is 0 Å². The molecule has 1 aromatic carbocycles. The SMILES string of the molecule is CN(Cc1n[nH]c2c1CCC2)C(=O)c1cc(-c2ccccc2)on1. The number of nitrogens with zero attached hydrogens (tertiary/aromatic N) is 3. The highest BCUT2D eigenvalue weighted by atomic mass is 16.5. The summed E-state index contributed by atoms with van der Waals surface area (Å²) in [5.41, 5.74) is 4.63. The fourth-order valence-corrected chi connectivity index (χ4v) is 3.13. The fourth-order valence-electron chi connectivity index (χ4n) is 3.13. The van der Waals surface area contributed by atoms with Crippen molar-refractivity contribution >= 4 is 5.91 Å². The standard InChI is InChI=1S/C18H18N4O2/c1-22(11-16-13-8-5-9-14(13)19-20-16)18(23)15-10-17(24-21-15)12-6-3-2-4-7-12/h2-4,6-7,10H,5,8-9,11H2,1H3,(H,19,20). The third kappa shape index (κ3) is 2.60. The van der Waals surface area contributed by atoms with Gasteiger partial charge in [-0.05, 0) is 24.8 Å². The molecule has 0 aliphatic heterocycles. The van der Waals surface area contributed by atoms with Crippen LogP contribution in [0.1, 0.15) is 33.9 Å². The molecule has 2 aromatic heterocycles. The summed E-state index contributed by atoms with van der Waals surface area (Å²) in [6.07, 6.45) is 3.23. The van der Waals surface area contributed by atoms with E-state index >= 15 is 0 Å². The molecule has 2 heterocycles. The van der Waals surface area contributed by atoms with Gasteiger partial charge in [0.05, 0.1) is 12.2 Å². The Hall–Kier alpha value is -2.89. The Morgan fingerprint density at radius 1 is 1.29 bits per heavy atom. The van der Waals surface area contributed by atoms with E-state index in [2.05, 4.69) is 15.4 Å². The number of H-pyrrole nitrogens is 1. The van der Waals surface area contributed by atoms with Gasteiger partial charge in [-0.2, -0.15) is 5.10 Å². The van der Waals surface area contributed by atoms with E-state index in [9.17, 15) is 4.79 Å². The van der Waals surface area contributed by atoms with Crippen molar-refractivity contribution in [2.24, 2.45) is 0 Å². The number of aromatic nitrogens is 3. The van der Waals surface area contributed by atoms with Crippen LogP contribution in [0.15, 0.2) is 40.9 Å². The Labute approximate surface area is 139 Å². The van der Waals surface area contributed by atoms with Gasteiger partial charge >= 0.3 is 0 Å². The zero-order chi connectivity index (χ0) is 16.5. The first-order valence-corrected chi connectivity index (χ1v) is 8.05. The highest BCUT2D eigenvalue weighted by Gasteiger charge is 2.23. The molecule has 4 rings (SSSR count). The molecule has 24 heavy (non-hydrogen) atoms. The van der Waals surface area contributed by atoms with Crippen molar-refractivity contribution in [3.63, 3.8) is 0 Å². The molecule has 0 radical (unpaired) electrons. The lowest BCUT2D eigenvalue weighted by Crippen LogP contribution is -2.27. The lowest BCUT2D eigenvalue weighted by Gasteiger charge is -2.14. The summed E-state index contributed by atoms with van der Waals surface area (Å²) in [6, 6.07) is 11.3. The van der Waals surface area contributed by atoms with Crippen LogP contribution in [0.5, 0.6) is 0 Å². The average molecular weight is 322 g/mol. The molecular formula is C18H18N4O2. The predicted octanol–water partition coefficient (Wildman–Crippen LogP) is 2.83. The van der Waals surface area contributed by atoms with E-state index < -0.39 is 0 Å². The summed E-state index contributed by atoms with van der Waals surface area (Å²) >= 11 is 0. The molecule has 1 amide bonds. The first-order chi connectivity index (χ1) is 11.7. The molecular weight excluding hydrogens is 304 g/mol. The zero-order valence-corrected chi connectivity index (χ0v) is 13.5. The molecule has 1 aliphatic carbocycles. The minimum Gasteiger partial charge on any atom is -0.355 e. The molecule has 1 aliphatic rings. The maximum atomic E-state index is 12.6. The lowest BCUT2D eigenvalue weighted by atomic mass is 10.1. The van der Waals surface area contributed by atoms with Crippen LogP contribution in [-0.4, -0.2) is 33.2 Å². The fraction of sp³-hybridized carbons (Fsp3) is 0.278. The molecule has 0 bridgehead atoms. The zero-order valence-electron chi connectivity index (χ0n) is 13.5. The molecule has 6 heteroatoms. The number of carbonyl (C=O) groups excluding carboxylic acids is 1. The van der Waals surface area contributed by atoms with Crippen molar-refractivity contribution in [3.8, 4) is 11.3 Å². The molecule has 0 unspecified atom stereocenters. The summed E-state index contributed by atoms with van der Waals surface area (Å²) < 4.78 is 5.31. The third-order valence-electron chi connectivity index (χ3n) is 4.41. The molecule has 0 saturated heterocycles. The van der Waals surface area contributed by atoms with Gasteiger partial charge in [-0.15, -0.1) is 0 Å². The van der Waals surface area contributed by atoms with E-state index in [-0.39, 0.29) is 5.91 Å². The van der Waals surface area contributed by atoms with Gasteiger partial charge in [0.25, 0.3) is 5.91 Å². The molecule has 0 fully saturated rings. The Morgan fingerprint density at radius 2 is 2.12 bits per heavy atom. The number of rotatable bonds is 4. The number of amides is 1. The first-order valence-electron chi connectivity index (χ1n) is 8.05. The summed E-state index contributed by atoms with van der Waals surface area (Å²) in [7, 11) is 1.76. The van der Waals surface area contributed by atoms with E-state index in [4.69, 9.17) is 4.52 Å². The normalized spacial score (nSPS) is 13.0. The largest absolute Gasteiger partial charge is 0.355 e. The van der Waals surface area contributed by atoms with Gasteiger partial charge in [-0.3, -0.25) is 9.89 Å². The van der Waals surface area contributed by atoms with Gasteiger partial charge in [0.15, 0.2) is 11.5 Å². The van der Waals surface area contributed by atoms with E-state index in [1.807, 2.05) is 30.3 Å². The second-order valence-corrected chi connectivity index (χ2v) is 6.08. The van der Waals surface area contributed by atoms with E-state index in [0.717, 1.165) is 30.5 Å². The van der Waals surface area contributed by atoms with Gasteiger partial charge < -0.3 is 9.42 Å². The van der Waals surface area contributed by atoms with Gasteiger partial charge in [-0.1, -0.05) is 35.5 Å². The number of hydrogen-bond acceptors (Lipinski definition) is 4. The van der Waals surface area contributed by atoms with Gasteiger partial charge in [-0.25, -0.2) is 0 Å². The van der Waals surface area contributed by atoms with Crippen molar-refractivity contribution < 1.29 is 9.32 Å². The highest BCUT2D eigenvalue weighted by molar-refractivity contribution is 5.92. The molecule has 122 valence electrons. The number of benzene rings is 1. The summed E-state index contributed by atoms with van der Waals surface area (Å²) in [4.78, 5) is 14.2. The highest BCUT2D eigenvalue weighted by Crippen LogP contribution is 2.24. The Balaban J connectivity index is 1.50. The van der Waals surface area contributed by atoms with Gasteiger partial charge in [0.2, 0.25) is 0 Å². The molecule has 0 spiro atoms. The molecule has 0 saturated carbocycles. The van der Waals surface area contributed by atoms with Crippen LogP contribution in [0.4, 0.5) is 0 Å². The number of aryl methyl sites for hydroxylation is 1. The maximum Gasteiger partial charge on any atom is 0.276 e. The van der Waals surface area contributed by atoms with Crippen molar-refractivity contribution in [2.75, 3.05) is 7.05 Å². The van der Waals surface area contributed by atoms with Crippen LogP contribution in [0, 0.1) is 0 Å². The number of fused-ring (bicyclic) bond motifs is 1. The molecule has 6 nitrogen and oxygen atoms in total. The van der Waals surface area contributed by atoms with E-state index in [1.165, 1.54) is 11.3 Å². The molecule has 3 aromatic rings. The Kier molecular flexibility index (Phi) is 3.65. The first kappa shape index (κ1) is 14.7. The van der Waals surface area contributed by atoms with Crippen LogP contribution in [0.25, 0.3) is 11.3 Å². The lowest BCUT2D eigenvalue weighted by molar-refractivity contribution is 0.0773. The summed E-state index contributed by atoms with van der Waals surface area (Å²) in [5.74, 6) is 0.420. The average Bonchev–Trinajstić information content (AvgIpc) is 3.33. The van der Waals surface area contributed by atoms with Crippen molar-refractivity contribution in [2.45, 2.75) is 25.8 Å². The second kappa shape index (κ2) is 5.96. The third-order valence-corrected chi connectivity index (χ3v) is 4.41. The van der Waals surface area contributed by atoms with E-state index in [1.54, 1.807) is 18.0 Å². The van der Waals surface area contributed by atoms with Gasteiger partial charge in [0.1, 0.15) is 0 Å². The van der Waals surface area contributed by atoms with E-state index in [0.29, 0.717) is 18.0 Å². The Bertz CT molecular complexity index is 866. The quantitative estimate of drug-likeness (QED) is 0.801. The minimum absolute atomic E-state index is 0.171. The molecule has 0 atom stereocenters. The number of aromatic amines is 1. The number of nitrogens with one attached hydrogen (secondary N) is 1. The summed E-state index contributed by atoms with van der Waals surface area (Å²) in [6.45, 7) is 0.470. The molecule has 1 N–H and O–H groups in total. The van der Waals surface area contributed by atoms with Crippen molar-refractivity contribution in [3.05, 3.63) is 59.0 Å². The smallest absolute Gasteiger partial charge is 0.276 e. The van der Waals surface area contributed by atoms with Crippen LogP contribution < -0.4 is 0 Å².